The van der Waals surface area contributed by atoms with Crippen molar-refractivity contribution in [2.75, 3.05) is 0 Å². The van der Waals surface area contributed by atoms with Crippen LogP contribution >= 0.6 is 0 Å². The summed E-state index contributed by atoms with van der Waals surface area (Å²) in [6.07, 6.45) is 15.4. The third kappa shape index (κ3) is 3.77. The molecule has 178 valence electrons. The molecule has 1 N–H and O–H groups in total. The third-order valence-corrected chi connectivity index (χ3v) is 8.28. The molecule has 2 fully saturated rings. The molecule has 0 radical (unpaired) electrons. The number of aryl methyl sites for hydroxylation is 1. The summed E-state index contributed by atoms with van der Waals surface area (Å²) in [4.78, 5) is 11.7. The van der Waals surface area contributed by atoms with Crippen LogP contribution in [-0.2, 0) is 6.42 Å². The average molecular weight is 459 g/mol. The molecule has 3 aliphatic rings. The van der Waals surface area contributed by atoms with Crippen molar-refractivity contribution in [3.63, 3.8) is 0 Å². The number of benzene rings is 1. The predicted octanol–water partition coefficient (Wildman–Crippen LogP) is 6.37. The molecular formula is C28H34N4O2. The fourth-order valence-electron chi connectivity index (χ4n) is 6.51. The summed E-state index contributed by atoms with van der Waals surface area (Å²) in [5.74, 6) is 0.598. The van der Waals surface area contributed by atoms with Gasteiger partial charge in [0, 0.05) is 17.5 Å². The Bertz CT molecular complexity index is 1200. The number of carbonyl (C=O) groups is 1. The molecule has 2 saturated carbocycles. The maximum absolute atomic E-state index is 11.7. The van der Waals surface area contributed by atoms with E-state index in [1.807, 2.05) is 4.68 Å². The van der Waals surface area contributed by atoms with Gasteiger partial charge in [-0.05, 0) is 80.5 Å². The fourth-order valence-corrected chi connectivity index (χ4v) is 6.51. The largest absolute Gasteiger partial charge is 0.478 e. The zero-order chi connectivity index (χ0) is 23.2. The Balaban J connectivity index is 1.27. The monoisotopic (exact) mass is 458 g/mol. The molecule has 1 aromatic carbocycles. The van der Waals surface area contributed by atoms with Crippen LogP contribution < -0.4 is 0 Å². The quantitative estimate of drug-likeness (QED) is 0.446. The van der Waals surface area contributed by atoms with Crippen LogP contribution in [0.5, 0.6) is 0 Å². The summed E-state index contributed by atoms with van der Waals surface area (Å²) in [7, 11) is 0. The molecule has 3 unspecified atom stereocenters. The Morgan fingerprint density at radius 3 is 2.74 bits per heavy atom. The molecular weight excluding hydrogens is 424 g/mol. The van der Waals surface area contributed by atoms with Crippen LogP contribution in [0.1, 0.15) is 121 Å². The lowest BCUT2D eigenvalue weighted by Crippen LogP contribution is -2.21. The van der Waals surface area contributed by atoms with Crippen LogP contribution in [0.3, 0.4) is 0 Å². The smallest absolute Gasteiger partial charge is 0.339 e. The zero-order valence-electron chi connectivity index (χ0n) is 20.0. The molecule has 0 spiro atoms. The maximum Gasteiger partial charge on any atom is 0.339 e. The molecule has 2 aromatic heterocycles. The van der Waals surface area contributed by atoms with E-state index < -0.39 is 5.97 Å². The van der Waals surface area contributed by atoms with E-state index in [0.717, 1.165) is 30.6 Å². The average Bonchev–Trinajstić information content (AvgIpc) is 3.27. The molecule has 3 aliphatic carbocycles. The van der Waals surface area contributed by atoms with Gasteiger partial charge in [0.25, 0.3) is 0 Å². The second kappa shape index (κ2) is 8.71. The van der Waals surface area contributed by atoms with Crippen molar-refractivity contribution in [1.82, 2.24) is 19.6 Å². The molecule has 0 aliphatic heterocycles. The van der Waals surface area contributed by atoms with E-state index in [9.17, 15) is 9.90 Å². The number of fused-ring (bicyclic) bond motifs is 1. The van der Waals surface area contributed by atoms with Gasteiger partial charge in [0.05, 0.1) is 29.8 Å². The van der Waals surface area contributed by atoms with Crippen LogP contribution in [0.25, 0.3) is 5.69 Å². The Kier molecular flexibility index (Phi) is 5.54. The number of nitrogens with zero attached hydrogens (tertiary/aromatic N) is 4. The van der Waals surface area contributed by atoms with Gasteiger partial charge in [-0.3, -0.25) is 4.68 Å². The Morgan fingerprint density at radius 2 is 1.94 bits per heavy atom. The van der Waals surface area contributed by atoms with E-state index in [2.05, 4.69) is 47.2 Å². The minimum Gasteiger partial charge on any atom is -0.478 e. The first-order chi connectivity index (χ1) is 16.6. The van der Waals surface area contributed by atoms with E-state index in [4.69, 9.17) is 5.10 Å². The number of hydrogen-bond acceptors (Lipinski definition) is 3. The van der Waals surface area contributed by atoms with E-state index in [0.29, 0.717) is 29.4 Å². The Labute approximate surface area is 201 Å². The molecule has 0 amide bonds. The molecule has 3 atom stereocenters. The van der Waals surface area contributed by atoms with Crippen LogP contribution in [0, 0.1) is 0 Å². The lowest BCUT2D eigenvalue weighted by atomic mass is 9.81. The molecule has 3 aromatic rings. The van der Waals surface area contributed by atoms with E-state index >= 15 is 0 Å². The van der Waals surface area contributed by atoms with Gasteiger partial charge >= 0.3 is 5.97 Å². The van der Waals surface area contributed by atoms with Crippen molar-refractivity contribution in [3.05, 3.63) is 64.7 Å². The zero-order valence-corrected chi connectivity index (χ0v) is 20.0. The van der Waals surface area contributed by atoms with Crippen molar-refractivity contribution < 1.29 is 9.90 Å². The van der Waals surface area contributed by atoms with Crippen molar-refractivity contribution in [2.45, 2.75) is 94.9 Å². The molecule has 0 bridgehead atoms. The van der Waals surface area contributed by atoms with Crippen LogP contribution in [0.2, 0.25) is 0 Å². The maximum atomic E-state index is 11.7. The molecule has 6 heteroatoms. The molecule has 2 heterocycles. The number of aromatic nitrogens is 4. The lowest BCUT2D eigenvalue weighted by molar-refractivity contribution is 0.0695. The fraction of sp³-hybridized carbons (Fsp3) is 0.536. The highest BCUT2D eigenvalue weighted by Gasteiger charge is 2.34. The molecule has 0 saturated heterocycles. The normalized spacial score (nSPS) is 24.3. The number of carboxylic acid groups (broad SMARTS) is 1. The van der Waals surface area contributed by atoms with Gasteiger partial charge < -0.3 is 5.11 Å². The lowest BCUT2D eigenvalue weighted by Gasteiger charge is -2.31. The summed E-state index contributed by atoms with van der Waals surface area (Å²) in [6.45, 7) is 2.29. The van der Waals surface area contributed by atoms with Crippen molar-refractivity contribution >= 4 is 5.97 Å². The highest BCUT2D eigenvalue weighted by atomic mass is 16.4. The van der Waals surface area contributed by atoms with Gasteiger partial charge in [-0.1, -0.05) is 31.9 Å². The minimum atomic E-state index is -0.882. The molecule has 6 rings (SSSR count). The van der Waals surface area contributed by atoms with E-state index in [-0.39, 0.29) is 0 Å². The van der Waals surface area contributed by atoms with Crippen molar-refractivity contribution in [3.8, 4) is 5.69 Å². The van der Waals surface area contributed by atoms with Gasteiger partial charge in [-0.2, -0.15) is 10.2 Å². The highest BCUT2D eigenvalue weighted by molar-refractivity contribution is 5.89. The summed E-state index contributed by atoms with van der Waals surface area (Å²) in [6, 6.07) is 9.11. The third-order valence-electron chi connectivity index (χ3n) is 8.28. The van der Waals surface area contributed by atoms with E-state index in [1.54, 1.807) is 0 Å². The predicted molar refractivity (Wildman–Crippen MR) is 131 cm³/mol. The second-order valence-electron chi connectivity index (χ2n) is 10.6. The number of carboxylic acids is 1. The first kappa shape index (κ1) is 21.6. The molecule has 34 heavy (non-hydrogen) atoms. The topological polar surface area (TPSA) is 72.9 Å². The number of rotatable bonds is 7. The van der Waals surface area contributed by atoms with Gasteiger partial charge in [0.1, 0.15) is 5.56 Å². The van der Waals surface area contributed by atoms with Gasteiger partial charge in [0.15, 0.2) is 0 Å². The number of aromatic carboxylic acids is 1. The SMILES string of the molecule is CCCC1CCc2cnn(C3CCCC(c4cccc(-n5ncc(C(=O)O)c5C5CC5)c4)C3)c21. The molecule has 6 nitrogen and oxygen atoms in total. The van der Waals surface area contributed by atoms with Crippen molar-refractivity contribution in [2.24, 2.45) is 0 Å². The van der Waals surface area contributed by atoms with Gasteiger partial charge in [0.2, 0.25) is 0 Å². The van der Waals surface area contributed by atoms with Crippen LogP contribution in [-0.4, -0.2) is 30.6 Å². The Morgan fingerprint density at radius 1 is 1.06 bits per heavy atom. The van der Waals surface area contributed by atoms with E-state index in [1.165, 1.54) is 68.0 Å². The van der Waals surface area contributed by atoms with Gasteiger partial charge in [-0.25, -0.2) is 9.48 Å². The summed E-state index contributed by atoms with van der Waals surface area (Å²) >= 11 is 0. The summed E-state index contributed by atoms with van der Waals surface area (Å²) in [5.41, 5.74) is 6.53. The van der Waals surface area contributed by atoms with Crippen LogP contribution in [0.4, 0.5) is 0 Å². The van der Waals surface area contributed by atoms with Gasteiger partial charge in [-0.15, -0.1) is 0 Å². The Hall–Kier alpha value is -2.89. The standard InChI is InChI=1S/C28H34N4O2/c1-2-5-18-12-13-22-16-29-31(26(18)22)23-8-3-6-20(14-23)21-7-4-9-24(15-21)32-27(19-10-11-19)25(17-30-32)28(33)34/h4,7,9,15-20,23H,2-3,5-6,8,10-14H2,1H3,(H,33,34). The minimum absolute atomic E-state index is 0.314. The highest BCUT2D eigenvalue weighted by Crippen LogP contribution is 2.45. The first-order valence-corrected chi connectivity index (χ1v) is 13.1. The van der Waals surface area contributed by atoms with Crippen molar-refractivity contribution in [1.29, 1.82) is 0 Å². The summed E-state index contributed by atoms with van der Waals surface area (Å²) < 4.78 is 4.27. The second-order valence-corrected chi connectivity index (χ2v) is 10.6. The first-order valence-electron chi connectivity index (χ1n) is 13.1. The number of hydrogen-bond donors (Lipinski definition) is 1. The van der Waals surface area contributed by atoms with Crippen LogP contribution in [0.15, 0.2) is 36.7 Å². The summed E-state index contributed by atoms with van der Waals surface area (Å²) in [5, 5.41) is 19.0.